The van der Waals surface area contributed by atoms with Gasteiger partial charge in [-0.15, -0.1) is 0 Å². The second-order valence-electron chi connectivity index (χ2n) is 2.75. The van der Waals surface area contributed by atoms with Crippen molar-refractivity contribution in [2.24, 2.45) is 0 Å². The Hall–Kier alpha value is -0.540. The van der Waals surface area contributed by atoms with Crippen LogP contribution in [0.15, 0.2) is 0 Å². The molecule has 12 heavy (non-hydrogen) atoms. The highest BCUT2D eigenvalue weighted by Crippen LogP contribution is 2.32. The first-order valence-corrected chi connectivity index (χ1v) is 4.37. The number of hydrogen-bond donors (Lipinski definition) is 0. The normalized spacial score (nSPS) is 15.1. The predicted molar refractivity (Wildman–Crippen MR) is 49.0 cm³/mol. The van der Waals surface area contributed by atoms with Gasteiger partial charge >= 0.3 is 0 Å². The van der Waals surface area contributed by atoms with Crippen molar-refractivity contribution in [1.82, 2.24) is 9.97 Å². The van der Waals surface area contributed by atoms with E-state index < -0.39 is 0 Å². The van der Waals surface area contributed by atoms with Crippen molar-refractivity contribution < 1.29 is 0 Å². The first-order valence-electron chi connectivity index (χ1n) is 3.61. The number of rotatable bonds is 0. The molecule has 2 rings (SSSR count). The lowest BCUT2D eigenvalue weighted by Crippen LogP contribution is -2.13. The van der Waals surface area contributed by atoms with E-state index in [1.807, 2.05) is 11.9 Å². The molecule has 1 aliphatic rings. The van der Waals surface area contributed by atoms with Crippen LogP contribution in [0.4, 0.5) is 5.69 Å². The molecule has 1 aliphatic heterocycles. The van der Waals surface area contributed by atoms with Crippen molar-refractivity contribution in [1.29, 1.82) is 0 Å². The fourth-order valence-corrected chi connectivity index (χ4v) is 1.94. The smallest absolute Gasteiger partial charge is 0.224 e. The number of likely N-dealkylation sites (N-methyl/N-ethyl adjacent to an activating group) is 1. The minimum Gasteiger partial charge on any atom is -0.370 e. The Labute approximate surface area is 80.3 Å². The van der Waals surface area contributed by atoms with E-state index in [1.54, 1.807) is 0 Å². The van der Waals surface area contributed by atoms with Gasteiger partial charge in [-0.2, -0.15) is 0 Å². The number of fused-ring (bicyclic) bond motifs is 1. The quantitative estimate of drug-likeness (QED) is 0.476. The zero-order valence-corrected chi connectivity index (χ0v) is 8.02. The molecule has 5 heteroatoms. The fraction of sp³-hybridized carbons (Fsp3) is 0.429. The van der Waals surface area contributed by atoms with E-state index in [1.165, 1.54) is 0 Å². The molecule has 0 saturated carbocycles. The maximum Gasteiger partial charge on any atom is 0.224 e. The van der Waals surface area contributed by atoms with Gasteiger partial charge in [0.2, 0.25) is 5.28 Å². The summed E-state index contributed by atoms with van der Waals surface area (Å²) in [6, 6.07) is 0. The van der Waals surface area contributed by atoms with Crippen LogP contribution in [0.5, 0.6) is 0 Å². The Morgan fingerprint density at radius 3 is 2.83 bits per heavy atom. The topological polar surface area (TPSA) is 29.0 Å². The lowest BCUT2D eigenvalue weighted by Gasteiger charge is -2.11. The first-order chi connectivity index (χ1) is 5.68. The third-order valence-corrected chi connectivity index (χ3v) is 2.38. The Morgan fingerprint density at radius 2 is 2.08 bits per heavy atom. The summed E-state index contributed by atoms with van der Waals surface area (Å²) in [5.74, 6) is 0. The Balaban J connectivity index is 2.60. The molecule has 0 radical (unpaired) electrons. The third kappa shape index (κ3) is 1.13. The molecular formula is C7H7Cl2N3. The van der Waals surface area contributed by atoms with Crippen molar-refractivity contribution >= 4 is 28.9 Å². The van der Waals surface area contributed by atoms with Crippen LogP contribution in [0.3, 0.4) is 0 Å². The highest BCUT2D eigenvalue weighted by molar-refractivity contribution is 6.33. The SMILES string of the molecule is CN1CCc2nc(Cl)nc(Cl)c21. The molecule has 0 atom stereocenters. The van der Waals surface area contributed by atoms with Crippen LogP contribution >= 0.6 is 23.2 Å². The molecule has 64 valence electrons. The average molecular weight is 204 g/mol. The van der Waals surface area contributed by atoms with Crippen LogP contribution in [-0.4, -0.2) is 23.6 Å². The van der Waals surface area contributed by atoms with E-state index in [9.17, 15) is 0 Å². The molecule has 0 bridgehead atoms. The van der Waals surface area contributed by atoms with Crippen LogP contribution < -0.4 is 4.90 Å². The highest BCUT2D eigenvalue weighted by Gasteiger charge is 2.21. The van der Waals surface area contributed by atoms with Gasteiger partial charge in [0.25, 0.3) is 0 Å². The molecule has 0 amide bonds. The number of anilines is 1. The molecule has 0 fully saturated rings. The van der Waals surface area contributed by atoms with Crippen molar-refractivity contribution in [3.63, 3.8) is 0 Å². The number of halogens is 2. The van der Waals surface area contributed by atoms with Gasteiger partial charge in [0.1, 0.15) is 0 Å². The van der Waals surface area contributed by atoms with Crippen molar-refractivity contribution in [2.45, 2.75) is 6.42 Å². The van der Waals surface area contributed by atoms with Gasteiger partial charge < -0.3 is 4.90 Å². The molecule has 0 aliphatic carbocycles. The maximum absolute atomic E-state index is 5.89. The predicted octanol–water partition coefficient (Wildman–Crippen LogP) is 1.78. The van der Waals surface area contributed by atoms with Gasteiger partial charge in [-0.25, -0.2) is 9.97 Å². The van der Waals surface area contributed by atoms with E-state index >= 15 is 0 Å². The molecule has 3 nitrogen and oxygen atoms in total. The lowest BCUT2D eigenvalue weighted by atomic mass is 10.3. The Morgan fingerprint density at radius 1 is 1.33 bits per heavy atom. The van der Waals surface area contributed by atoms with Crippen LogP contribution in [0.25, 0.3) is 0 Å². The minimum absolute atomic E-state index is 0.231. The van der Waals surface area contributed by atoms with Crippen LogP contribution in [0, 0.1) is 0 Å². The molecule has 0 spiro atoms. The highest BCUT2D eigenvalue weighted by atomic mass is 35.5. The number of aromatic nitrogens is 2. The molecule has 1 aromatic heterocycles. The summed E-state index contributed by atoms with van der Waals surface area (Å²) in [6.45, 7) is 0.935. The van der Waals surface area contributed by atoms with E-state index in [4.69, 9.17) is 23.2 Å². The van der Waals surface area contributed by atoms with Gasteiger partial charge in [-0.05, 0) is 11.6 Å². The van der Waals surface area contributed by atoms with Gasteiger partial charge in [-0.1, -0.05) is 11.6 Å². The van der Waals surface area contributed by atoms with Crippen LogP contribution in [0.2, 0.25) is 10.4 Å². The number of nitrogens with zero attached hydrogens (tertiary/aromatic N) is 3. The lowest BCUT2D eigenvalue weighted by molar-refractivity contribution is 0.943. The Kier molecular flexibility index (Phi) is 1.85. The molecule has 0 unspecified atom stereocenters. The van der Waals surface area contributed by atoms with Crippen LogP contribution in [-0.2, 0) is 6.42 Å². The summed E-state index contributed by atoms with van der Waals surface area (Å²) in [5.41, 5.74) is 1.86. The van der Waals surface area contributed by atoms with E-state index in [-0.39, 0.29) is 5.28 Å². The summed E-state index contributed by atoms with van der Waals surface area (Å²) in [7, 11) is 1.97. The zero-order chi connectivity index (χ0) is 8.72. The second kappa shape index (κ2) is 2.75. The van der Waals surface area contributed by atoms with Gasteiger partial charge in [0.15, 0.2) is 5.15 Å². The van der Waals surface area contributed by atoms with Gasteiger partial charge in [-0.3, -0.25) is 0 Å². The van der Waals surface area contributed by atoms with E-state index in [0.29, 0.717) is 5.15 Å². The standard InChI is InChI=1S/C7H7Cl2N3/c1-12-3-2-4-5(12)6(8)11-7(9)10-4/h2-3H2,1H3. The molecule has 1 aromatic rings. The maximum atomic E-state index is 5.89. The van der Waals surface area contributed by atoms with E-state index in [2.05, 4.69) is 9.97 Å². The summed E-state index contributed by atoms with van der Waals surface area (Å²) >= 11 is 11.5. The minimum atomic E-state index is 0.231. The van der Waals surface area contributed by atoms with Crippen molar-refractivity contribution in [2.75, 3.05) is 18.5 Å². The fourth-order valence-electron chi connectivity index (χ4n) is 1.38. The largest absolute Gasteiger partial charge is 0.370 e. The molecule has 0 saturated heterocycles. The molecule has 2 heterocycles. The van der Waals surface area contributed by atoms with Gasteiger partial charge in [0.05, 0.1) is 11.4 Å². The molecular weight excluding hydrogens is 197 g/mol. The summed E-state index contributed by atoms with van der Waals surface area (Å²) in [4.78, 5) is 10.0. The molecule has 0 N–H and O–H groups in total. The van der Waals surface area contributed by atoms with Gasteiger partial charge in [0, 0.05) is 20.0 Å². The summed E-state index contributed by atoms with van der Waals surface area (Å²) in [5, 5.41) is 0.680. The monoisotopic (exact) mass is 203 g/mol. The average Bonchev–Trinajstić information content (AvgIpc) is 2.31. The van der Waals surface area contributed by atoms with Crippen molar-refractivity contribution in [3.05, 3.63) is 16.1 Å². The van der Waals surface area contributed by atoms with Crippen LogP contribution in [0.1, 0.15) is 5.69 Å². The summed E-state index contributed by atoms with van der Waals surface area (Å²) < 4.78 is 0. The summed E-state index contributed by atoms with van der Waals surface area (Å²) in [6.07, 6.45) is 0.897. The van der Waals surface area contributed by atoms with E-state index in [0.717, 1.165) is 24.3 Å². The second-order valence-corrected chi connectivity index (χ2v) is 3.45. The zero-order valence-electron chi connectivity index (χ0n) is 6.51. The molecule has 0 aromatic carbocycles. The Bertz CT molecular complexity index is 327. The van der Waals surface area contributed by atoms with Crippen molar-refractivity contribution in [3.8, 4) is 0 Å². The third-order valence-electron chi connectivity index (χ3n) is 1.95. The first kappa shape index (κ1) is 8.08. The number of hydrogen-bond acceptors (Lipinski definition) is 3.